The van der Waals surface area contributed by atoms with Crippen LogP contribution in [0.2, 0.25) is 0 Å². The molecule has 2 fully saturated rings. The van der Waals surface area contributed by atoms with E-state index in [9.17, 15) is 18.4 Å². The molecule has 0 bridgehead atoms. The van der Waals surface area contributed by atoms with Crippen LogP contribution in [0.3, 0.4) is 0 Å². The minimum Gasteiger partial charge on any atom is -0.451 e. The van der Waals surface area contributed by atoms with Gasteiger partial charge in [0.15, 0.2) is 5.76 Å². The number of benzene rings is 1. The second-order valence-electron chi connectivity index (χ2n) is 9.96. The van der Waals surface area contributed by atoms with Crippen molar-refractivity contribution in [1.29, 1.82) is 0 Å². The minimum atomic E-state index is -2.89. The molecular formula is C27H23F2N5O3. The Kier molecular flexibility index (Phi) is 5.09. The number of nitrogens with zero attached hydrogens (tertiary/aromatic N) is 3. The third kappa shape index (κ3) is 4.20. The number of terminal acetylenes is 1. The molecule has 0 radical (unpaired) electrons. The van der Waals surface area contributed by atoms with E-state index < -0.39 is 41.7 Å². The molecule has 2 saturated carbocycles. The Labute approximate surface area is 210 Å². The SMILES string of the molecule is C#CC1(NC(=O)C2(NC(=O)c3cc4ccc(-c5ccc6cnnn6c5)cc4o3)CCC(F)(F)CC2)CC1. The largest absolute Gasteiger partial charge is 0.451 e. The lowest BCUT2D eigenvalue weighted by Crippen LogP contribution is -2.62. The molecule has 0 atom stereocenters. The van der Waals surface area contributed by atoms with Crippen LogP contribution in [0.1, 0.15) is 49.1 Å². The van der Waals surface area contributed by atoms with Crippen LogP contribution in [0.25, 0.3) is 27.6 Å². The van der Waals surface area contributed by atoms with Gasteiger partial charge in [-0.25, -0.2) is 13.3 Å². The number of furan rings is 1. The van der Waals surface area contributed by atoms with E-state index in [1.807, 2.05) is 30.5 Å². The fraction of sp³-hybridized carbons (Fsp3) is 0.333. The first-order chi connectivity index (χ1) is 17.7. The summed E-state index contributed by atoms with van der Waals surface area (Å²) in [4.78, 5) is 26.5. The van der Waals surface area contributed by atoms with Crippen molar-refractivity contribution in [2.24, 2.45) is 0 Å². The van der Waals surface area contributed by atoms with Crippen molar-refractivity contribution >= 4 is 28.3 Å². The number of nitrogens with one attached hydrogen (secondary N) is 2. The zero-order valence-electron chi connectivity index (χ0n) is 19.8. The summed E-state index contributed by atoms with van der Waals surface area (Å²) in [7, 11) is 0. The number of hydrogen-bond acceptors (Lipinski definition) is 5. The van der Waals surface area contributed by atoms with Gasteiger partial charge in [0.25, 0.3) is 5.91 Å². The lowest BCUT2D eigenvalue weighted by Gasteiger charge is -2.39. The van der Waals surface area contributed by atoms with Crippen LogP contribution in [-0.4, -0.2) is 43.6 Å². The maximum Gasteiger partial charge on any atom is 0.287 e. The third-order valence-corrected chi connectivity index (χ3v) is 7.38. The number of hydrogen-bond donors (Lipinski definition) is 2. The van der Waals surface area contributed by atoms with Crippen LogP contribution < -0.4 is 10.6 Å². The highest BCUT2D eigenvalue weighted by atomic mass is 19.3. The molecular weight excluding hydrogens is 480 g/mol. The lowest BCUT2D eigenvalue weighted by atomic mass is 9.78. The zero-order chi connectivity index (χ0) is 25.8. The molecule has 10 heteroatoms. The molecule has 2 aliphatic rings. The van der Waals surface area contributed by atoms with Gasteiger partial charge in [-0.1, -0.05) is 29.3 Å². The van der Waals surface area contributed by atoms with Gasteiger partial charge in [-0.05, 0) is 49.4 Å². The molecule has 3 heterocycles. The van der Waals surface area contributed by atoms with Crippen molar-refractivity contribution in [3.05, 3.63) is 54.6 Å². The first-order valence-corrected chi connectivity index (χ1v) is 12.0. The molecule has 0 unspecified atom stereocenters. The van der Waals surface area contributed by atoms with Gasteiger partial charge in [-0.2, -0.15) is 0 Å². The van der Waals surface area contributed by atoms with Crippen LogP contribution in [0, 0.1) is 12.3 Å². The van der Waals surface area contributed by atoms with Crippen LogP contribution in [0.15, 0.2) is 53.2 Å². The molecule has 3 aromatic heterocycles. The summed E-state index contributed by atoms with van der Waals surface area (Å²) in [5.41, 5.74) is 0.793. The van der Waals surface area contributed by atoms with Gasteiger partial charge >= 0.3 is 0 Å². The van der Waals surface area contributed by atoms with E-state index in [-0.39, 0.29) is 18.6 Å². The number of pyridine rings is 1. The maximum atomic E-state index is 14.0. The van der Waals surface area contributed by atoms with Gasteiger partial charge in [-0.15, -0.1) is 11.5 Å². The maximum absolute atomic E-state index is 14.0. The van der Waals surface area contributed by atoms with Crippen molar-refractivity contribution in [2.75, 3.05) is 0 Å². The Morgan fingerprint density at radius 1 is 1.00 bits per heavy atom. The summed E-state index contributed by atoms with van der Waals surface area (Å²) >= 11 is 0. The Morgan fingerprint density at radius 3 is 2.49 bits per heavy atom. The van der Waals surface area contributed by atoms with Gasteiger partial charge in [0, 0.05) is 30.0 Å². The Bertz CT molecular complexity index is 1580. The van der Waals surface area contributed by atoms with Gasteiger partial charge in [-0.3, -0.25) is 9.59 Å². The number of alkyl halides is 2. The van der Waals surface area contributed by atoms with Crippen LogP contribution in [-0.2, 0) is 4.79 Å². The Hall–Kier alpha value is -4.26. The average molecular weight is 504 g/mol. The van der Waals surface area contributed by atoms with Crippen molar-refractivity contribution in [3.8, 4) is 23.5 Å². The summed E-state index contributed by atoms with van der Waals surface area (Å²) in [6.45, 7) is 0. The first-order valence-electron chi connectivity index (χ1n) is 12.0. The number of amides is 2. The van der Waals surface area contributed by atoms with E-state index >= 15 is 0 Å². The Morgan fingerprint density at radius 2 is 1.76 bits per heavy atom. The molecule has 0 spiro atoms. The third-order valence-electron chi connectivity index (χ3n) is 7.38. The number of rotatable bonds is 5. The Balaban J connectivity index is 1.27. The topological polar surface area (TPSA) is 102 Å². The molecule has 2 aliphatic carbocycles. The molecule has 1 aromatic carbocycles. The van der Waals surface area contributed by atoms with E-state index in [1.165, 1.54) is 0 Å². The summed E-state index contributed by atoms with van der Waals surface area (Å²) in [6.07, 6.45) is 8.85. The van der Waals surface area contributed by atoms with Crippen LogP contribution >= 0.6 is 0 Å². The molecule has 6 rings (SSSR count). The molecule has 37 heavy (non-hydrogen) atoms. The average Bonchev–Trinajstić information content (AvgIpc) is 3.29. The summed E-state index contributed by atoms with van der Waals surface area (Å²) in [5.74, 6) is -1.51. The normalized spacial score (nSPS) is 19.3. The minimum absolute atomic E-state index is 0.0125. The highest BCUT2D eigenvalue weighted by Crippen LogP contribution is 2.41. The number of halogens is 2. The molecule has 188 valence electrons. The molecule has 0 saturated heterocycles. The van der Waals surface area contributed by atoms with Gasteiger partial charge in [0.2, 0.25) is 11.8 Å². The van der Waals surface area contributed by atoms with Crippen molar-refractivity contribution in [1.82, 2.24) is 25.5 Å². The summed E-state index contributed by atoms with van der Waals surface area (Å²) in [6, 6.07) is 10.9. The predicted octanol–water partition coefficient (Wildman–Crippen LogP) is 4.10. The molecule has 4 aromatic rings. The monoisotopic (exact) mass is 503 g/mol. The number of aromatic nitrogens is 3. The summed E-state index contributed by atoms with van der Waals surface area (Å²) in [5, 5.41) is 14.1. The summed E-state index contributed by atoms with van der Waals surface area (Å²) < 4.78 is 35.4. The highest BCUT2D eigenvalue weighted by Gasteiger charge is 2.52. The van der Waals surface area contributed by atoms with E-state index in [2.05, 4.69) is 26.9 Å². The van der Waals surface area contributed by atoms with E-state index in [0.29, 0.717) is 23.8 Å². The van der Waals surface area contributed by atoms with Gasteiger partial charge < -0.3 is 15.1 Å². The molecule has 2 N–H and O–H groups in total. The van der Waals surface area contributed by atoms with Crippen LogP contribution in [0.4, 0.5) is 8.78 Å². The smallest absolute Gasteiger partial charge is 0.287 e. The number of carbonyl (C=O) groups is 2. The van der Waals surface area contributed by atoms with Gasteiger partial charge in [0.05, 0.1) is 11.7 Å². The number of fused-ring (bicyclic) bond motifs is 2. The fourth-order valence-corrected chi connectivity index (χ4v) is 4.81. The van der Waals surface area contributed by atoms with E-state index in [4.69, 9.17) is 10.8 Å². The predicted molar refractivity (Wildman–Crippen MR) is 131 cm³/mol. The fourth-order valence-electron chi connectivity index (χ4n) is 4.81. The molecule has 8 nitrogen and oxygen atoms in total. The van der Waals surface area contributed by atoms with Crippen molar-refractivity contribution in [3.63, 3.8) is 0 Å². The quantitative estimate of drug-likeness (QED) is 0.400. The second-order valence-corrected chi connectivity index (χ2v) is 9.96. The van der Waals surface area contributed by atoms with Crippen molar-refractivity contribution < 1.29 is 22.8 Å². The van der Waals surface area contributed by atoms with E-state index in [0.717, 1.165) is 16.6 Å². The molecule has 0 aliphatic heterocycles. The highest BCUT2D eigenvalue weighted by molar-refractivity contribution is 6.00. The number of carbonyl (C=O) groups excluding carboxylic acids is 2. The standard InChI is InChI=1S/C27H23F2N5O3/c1-2-25(7-8-25)32-24(36)26(9-11-27(28,29)12-10-26)31-23(35)22-14-18-4-3-17(13-21(18)37-22)19-5-6-20-15-30-33-34(20)16-19/h1,3-6,13-16H,7-12H2,(H,31,35)(H,32,36). The lowest BCUT2D eigenvalue weighted by molar-refractivity contribution is -0.133. The van der Waals surface area contributed by atoms with Crippen molar-refractivity contribution in [2.45, 2.75) is 55.5 Å². The second kappa shape index (κ2) is 8.13. The zero-order valence-corrected chi connectivity index (χ0v) is 19.8. The first kappa shape index (κ1) is 23.2. The molecule has 2 amide bonds. The van der Waals surface area contributed by atoms with E-state index in [1.54, 1.807) is 22.8 Å². The van der Waals surface area contributed by atoms with Crippen LogP contribution in [0.5, 0.6) is 0 Å². The van der Waals surface area contributed by atoms with Gasteiger partial charge in [0.1, 0.15) is 16.7 Å².